The van der Waals surface area contributed by atoms with Gasteiger partial charge in [0.05, 0.1) is 25.2 Å². The Balaban J connectivity index is 1.21. The molecule has 1 aliphatic heterocycles. The number of thiocarbonyl (C=S) groups is 1. The molecule has 2 heterocycles. The van der Waals surface area contributed by atoms with Gasteiger partial charge in [-0.25, -0.2) is 0 Å². The van der Waals surface area contributed by atoms with Gasteiger partial charge in [-0.05, 0) is 81.2 Å². The van der Waals surface area contributed by atoms with Crippen LogP contribution in [-0.2, 0) is 6.42 Å². The number of nitrogens with zero attached hydrogens (tertiary/aromatic N) is 1. The van der Waals surface area contributed by atoms with Crippen molar-refractivity contribution in [1.29, 1.82) is 0 Å². The lowest BCUT2D eigenvalue weighted by Gasteiger charge is -2.20. The van der Waals surface area contributed by atoms with Gasteiger partial charge in [-0.3, -0.25) is 10.1 Å². The topological polar surface area (TPSA) is 63.9 Å². The van der Waals surface area contributed by atoms with Crippen LogP contribution >= 0.6 is 12.2 Å². The van der Waals surface area contributed by atoms with Crippen molar-refractivity contribution >= 4 is 28.9 Å². The van der Waals surface area contributed by atoms with Crippen LogP contribution in [0.2, 0.25) is 0 Å². The second kappa shape index (κ2) is 11.0. The summed E-state index contributed by atoms with van der Waals surface area (Å²) in [6, 6.07) is 17.4. The predicted octanol–water partition coefficient (Wildman–Crippen LogP) is 5.29. The van der Waals surface area contributed by atoms with Crippen LogP contribution in [0.25, 0.3) is 0 Å². The minimum atomic E-state index is -0.350. The van der Waals surface area contributed by atoms with Crippen LogP contribution in [0.3, 0.4) is 0 Å². The fourth-order valence-electron chi connectivity index (χ4n) is 3.77. The lowest BCUT2D eigenvalue weighted by atomic mass is 10.1. The molecule has 3 aromatic rings. The SMILES string of the molecule is Cc1ccc(OCCCCCOc2cccc3c2CCN3C(=S)NC(=O)c2ccco2)cc1. The number of aryl methyl sites for hydroxylation is 1. The largest absolute Gasteiger partial charge is 0.494 e. The van der Waals surface area contributed by atoms with Crippen LogP contribution in [0.1, 0.15) is 40.9 Å². The van der Waals surface area contributed by atoms with Gasteiger partial charge in [0, 0.05) is 12.1 Å². The Kier molecular flexibility index (Phi) is 7.62. The molecule has 2 aromatic carbocycles. The molecule has 0 fully saturated rings. The molecule has 172 valence electrons. The van der Waals surface area contributed by atoms with E-state index in [9.17, 15) is 4.79 Å². The summed E-state index contributed by atoms with van der Waals surface area (Å²) in [5.41, 5.74) is 3.33. The lowest BCUT2D eigenvalue weighted by Crippen LogP contribution is -2.41. The van der Waals surface area contributed by atoms with Gasteiger partial charge < -0.3 is 18.8 Å². The van der Waals surface area contributed by atoms with E-state index in [1.165, 1.54) is 11.8 Å². The smallest absolute Gasteiger partial charge is 0.293 e. The van der Waals surface area contributed by atoms with Gasteiger partial charge in [0.25, 0.3) is 5.91 Å². The van der Waals surface area contributed by atoms with Gasteiger partial charge in [0.15, 0.2) is 10.9 Å². The molecule has 4 rings (SSSR count). The molecule has 1 amide bonds. The molecule has 33 heavy (non-hydrogen) atoms. The van der Waals surface area contributed by atoms with Crippen molar-refractivity contribution in [3.05, 3.63) is 77.7 Å². The highest BCUT2D eigenvalue weighted by molar-refractivity contribution is 7.80. The van der Waals surface area contributed by atoms with Crippen LogP contribution in [0.15, 0.2) is 65.3 Å². The number of ether oxygens (including phenoxy) is 2. The normalized spacial score (nSPS) is 12.3. The van der Waals surface area contributed by atoms with Gasteiger partial charge in [-0.2, -0.15) is 0 Å². The zero-order chi connectivity index (χ0) is 23.0. The zero-order valence-corrected chi connectivity index (χ0v) is 19.5. The zero-order valence-electron chi connectivity index (χ0n) is 18.7. The standard InChI is InChI=1S/C26H28N2O4S/c1-19-10-12-20(13-11-19)30-16-3-2-4-17-31-23-8-5-7-22-21(23)14-15-28(22)26(33)27-25(29)24-9-6-18-32-24/h5-13,18H,2-4,14-17H2,1H3,(H,27,29,33). The first kappa shape index (κ1) is 22.9. The number of hydrogen-bond donors (Lipinski definition) is 1. The van der Waals surface area contributed by atoms with E-state index in [0.29, 0.717) is 24.9 Å². The first-order valence-corrected chi connectivity index (χ1v) is 11.6. The highest BCUT2D eigenvalue weighted by Crippen LogP contribution is 2.35. The molecule has 0 aliphatic carbocycles. The van der Waals surface area contributed by atoms with E-state index in [1.807, 2.05) is 35.2 Å². The summed E-state index contributed by atoms with van der Waals surface area (Å²) in [5, 5.41) is 3.10. The van der Waals surface area contributed by atoms with Crippen LogP contribution in [0, 0.1) is 6.92 Å². The van der Waals surface area contributed by atoms with Crippen molar-refractivity contribution < 1.29 is 18.7 Å². The van der Waals surface area contributed by atoms with Crippen LogP contribution in [-0.4, -0.2) is 30.8 Å². The first-order valence-electron chi connectivity index (χ1n) is 11.2. The summed E-state index contributed by atoms with van der Waals surface area (Å²) < 4.78 is 17.0. The number of unbranched alkanes of at least 4 members (excludes halogenated alkanes) is 2. The third-order valence-electron chi connectivity index (χ3n) is 5.53. The van der Waals surface area contributed by atoms with Gasteiger partial charge >= 0.3 is 0 Å². The summed E-state index contributed by atoms with van der Waals surface area (Å²) in [6.45, 7) is 4.13. The molecule has 0 saturated carbocycles. The van der Waals surface area contributed by atoms with Gasteiger partial charge in [0.1, 0.15) is 11.5 Å². The summed E-state index contributed by atoms with van der Waals surface area (Å²) in [4.78, 5) is 14.2. The molecule has 0 atom stereocenters. The Morgan fingerprint density at radius 3 is 2.58 bits per heavy atom. The molecule has 0 radical (unpaired) electrons. The minimum Gasteiger partial charge on any atom is -0.494 e. The molecule has 1 aromatic heterocycles. The highest BCUT2D eigenvalue weighted by Gasteiger charge is 2.26. The van der Waals surface area contributed by atoms with E-state index in [-0.39, 0.29) is 11.7 Å². The number of carbonyl (C=O) groups excluding carboxylic acids is 1. The van der Waals surface area contributed by atoms with Crippen LogP contribution < -0.4 is 19.7 Å². The van der Waals surface area contributed by atoms with Crippen molar-refractivity contribution in [3.63, 3.8) is 0 Å². The minimum absolute atomic E-state index is 0.234. The molecular weight excluding hydrogens is 436 g/mol. The molecule has 0 unspecified atom stereocenters. The molecule has 1 aliphatic rings. The number of benzene rings is 2. The van der Waals surface area contributed by atoms with E-state index in [4.69, 9.17) is 26.1 Å². The molecule has 6 nitrogen and oxygen atoms in total. The monoisotopic (exact) mass is 464 g/mol. The Hall–Kier alpha value is -3.32. The quantitative estimate of drug-likeness (QED) is 0.343. The van der Waals surface area contributed by atoms with Crippen molar-refractivity contribution in [2.45, 2.75) is 32.6 Å². The maximum atomic E-state index is 12.2. The van der Waals surface area contributed by atoms with E-state index in [1.54, 1.807) is 12.1 Å². The van der Waals surface area contributed by atoms with E-state index >= 15 is 0 Å². The van der Waals surface area contributed by atoms with Gasteiger partial charge in [0.2, 0.25) is 0 Å². The van der Waals surface area contributed by atoms with E-state index < -0.39 is 0 Å². The third-order valence-corrected chi connectivity index (χ3v) is 5.85. The first-order chi connectivity index (χ1) is 16.1. The number of carbonyl (C=O) groups is 1. The molecule has 0 spiro atoms. The fraction of sp³-hybridized carbons (Fsp3) is 0.308. The molecule has 0 saturated heterocycles. The summed E-state index contributed by atoms with van der Waals surface area (Å²) in [6.07, 6.45) is 5.26. The van der Waals surface area contributed by atoms with E-state index in [2.05, 4.69) is 24.4 Å². The molecule has 1 N–H and O–H groups in total. The van der Waals surface area contributed by atoms with E-state index in [0.717, 1.165) is 48.4 Å². The summed E-state index contributed by atoms with van der Waals surface area (Å²) in [7, 11) is 0. The Morgan fingerprint density at radius 2 is 1.82 bits per heavy atom. The number of hydrogen-bond acceptors (Lipinski definition) is 5. The fourth-order valence-corrected chi connectivity index (χ4v) is 4.05. The number of anilines is 1. The number of amides is 1. The summed E-state index contributed by atoms with van der Waals surface area (Å²) in [5.74, 6) is 1.68. The van der Waals surface area contributed by atoms with Crippen LogP contribution in [0.5, 0.6) is 11.5 Å². The average molecular weight is 465 g/mol. The Bertz CT molecular complexity index is 1080. The average Bonchev–Trinajstić information content (AvgIpc) is 3.50. The number of furan rings is 1. The van der Waals surface area contributed by atoms with Crippen LogP contribution in [0.4, 0.5) is 5.69 Å². The second-order valence-electron chi connectivity index (χ2n) is 7.96. The third kappa shape index (κ3) is 5.93. The van der Waals surface area contributed by atoms with Crippen molar-refractivity contribution in [2.75, 3.05) is 24.7 Å². The number of nitrogens with one attached hydrogen (secondary N) is 1. The van der Waals surface area contributed by atoms with Gasteiger partial charge in [-0.15, -0.1) is 0 Å². The second-order valence-corrected chi connectivity index (χ2v) is 8.35. The van der Waals surface area contributed by atoms with Crippen molar-refractivity contribution in [1.82, 2.24) is 5.32 Å². The lowest BCUT2D eigenvalue weighted by molar-refractivity contribution is 0.0950. The van der Waals surface area contributed by atoms with Crippen molar-refractivity contribution in [2.24, 2.45) is 0 Å². The molecule has 7 heteroatoms. The van der Waals surface area contributed by atoms with Gasteiger partial charge in [-0.1, -0.05) is 23.8 Å². The number of fused-ring (bicyclic) bond motifs is 1. The maximum absolute atomic E-state index is 12.2. The van der Waals surface area contributed by atoms with Crippen molar-refractivity contribution in [3.8, 4) is 11.5 Å². The molecular formula is C26H28N2O4S. The predicted molar refractivity (Wildman–Crippen MR) is 132 cm³/mol. The highest BCUT2D eigenvalue weighted by atomic mass is 32.1. The summed E-state index contributed by atoms with van der Waals surface area (Å²) >= 11 is 5.47. The Labute approximate surface area is 199 Å². The number of rotatable bonds is 9. The Morgan fingerprint density at radius 1 is 1.03 bits per heavy atom. The molecule has 0 bridgehead atoms. The maximum Gasteiger partial charge on any atom is 0.293 e.